The van der Waals surface area contributed by atoms with E-state index in [2.05, 4.69) is 20.8 Å². The highest BCUT2D eigenvalue weighted by molar-refractivity contribution is 9.11. The smallest absolute Gasteiger partial charge is 0.264 e. The summed E-state index contributed by atoms with van der Waals surface area (Å²) >= 11 is 5.07. The molecule has 2 aliphatic rings. The van der Waals surface area contributed by atoms with Gasteiger partial charge in [-0.25, -0.2) is 0 Å². The Morgan fingerprint density at radius 2 is 2.18 bits per heavy atom. The quantitative estimate of drug-likeness (QED) is 0.827. The molecule has 0 aliphatic heterocycles. The third-order valence-corrected chi connectivity index (χ3v) is 5.59. The van der Waals surface area contributed by atoms with Crippen LogP contribution in [0.3, 0.4) is 0 Å². The molecule has 0 saturated heterocycles. The van der Waals surface area contributed by atoms with Crippen molar-refractivity contribution in [2.45, 2.75) is 38.6 Å². The standard InChI is InChI=1S/C13H16BrNOS/c1-8-6-11(17-12(8)14)13(16)15(10-4-5-10)7-9-2-3-9/h6,9-10H,2-5,7H2,1H3. The molecule has 2 fully saturated rings. The van der Waals surface area contributed by atoms with Gasteiger partial charge in [-0.3, -0.25) is 4.79 Å². The van der Waals surface area contributed by atoms with Crippen molar-refractivity contribution in [2.75, 3.05) is 6.54 Å². The van der Waals surface area contributed by atoms with Crippen LogP contribution in [0, 0.1) is 12.8 Å². The van der Waals surface area contributed by atoms with Gasteiger partial charge in [-0.05, 0) is 66.1 Å². The van der Waals surface area contributed by atoms with Crippen molar-refractivity contribution in [3.8, 4) is 0 Å². The van der Waals surface area contributed by atoms with E-state index in [1.165, 1.54) is 31.2 Å². The number of hydrogen-bond donors (Lipinski definition) is 0. The summed E-state index contributed by atoms with van der Waals surface area (Å²) in [6.45, 7) is 3.03. The summed E-state index contributed by atoms with van der Waals surface area (Å²) in [6.07, 6.45) is 5.02. The van der Waals surface area contributed by atoms with E-state index in [1.807, 2.05) is 13.0 Å². The van der Waals surface area contributed by atoms with Gasteiger partial charge in [-0.1, -0.05) is 0 Å². The molecule has 1 heterocycles. The number of carbonyl (C=O) groups excluding carboxylic acids is 1. The molecule has 0 N–H and O–H groups in total. The Kier molecular flexibility index (Phi) is 3.03. The number of nitrogens with zero attached hydrogens (tertiary/aromatic N) is 1. The largest absolute Gasteiger partial charge is 0.335 e. The molecule has 2 nitrogen and oxygen atoms in total. The predicted molar refractivity (Wildman–Crippen MR) is 73.5 cm³/mol. The van der Waals surface area contributed by atoms with Crippen LogP contribution in [0.4, 0.5) is 0 Å². The van der Waals surface area contributed by atoms with Crippen molar-refractivity contribution in [3.63, 3.8) is 0 Å². The van der Waals surface area contributed by atoms with Crippen LogP contribution in [0.1, 0.15) is 40.9 Å². The summed E-state index contributed by atoms with van der Waals surface area (Å²) < 4.78 is 1.09. The molecular formula is C13H16BrNOS. The number of hydrogen-bond acceptors (Lipinski definition) is 2. The highest BCUT2D eigenvalue weighted by Gasteiger charge is 2.37. The topological polar surface area (TPSA) is 20.3 Å². The van der Waals surface area contributed by atoms with Gasteiger partial charge in [0.15, 0.2) is 0 Å². The summed E-state index contributed by atoms with van der Waals surface area (Å²) in [5.41, 5.74) is 1.17. The zero-order chi connectivity index (χ0) is 12.0. The number of aryl methyl sites for hydroxylation is 1. The first-order valence-corrected chi connectivity index (χ1v) is 7.83. The lowest BCUT2D eigenvalue weighted by molar-refractivity contribution is 0.0739. The van der Waals surface area contributed by atoms with Gasteiger partial charge in [0.2, 0.25) is 0 Å². The maximum atomic E-state index is 12.5. The minimum Gasteiger partial charge on any atom is -0.335 e. The van der Waals surface area contributed by atoms with E-state index in [0.717, 1.165) is 21.1 Å². The fraction of sp³-hybridized carbons (Fsp3) is 0.615. The van der Waals surface area contributed by atoms with E-state index in [9.17, 15) is 4.79 Å². The Hall–Kier alpha value is -0.350. The lowest BCUT2D eigenvalue weighted by Gasteiger charge is -2.21. The number of rotatable bonds is 4. The van der Waals surface area contributed by atoms with E-state index in [1.54, 1.807) is 11.3 Å². The fourth-order valence-electron chi connectivity index (χ4n) is 2.07. The van der Waals surface area contributed by atoms with Gasteiger partial charge in [0, 0.05) is 12.6 Å². The average Bonchev–Trinajstić information content (AvgIpc) is 3.17. The molecule has 0 aromatic carbocycles. The molecule has 2 saturated carbocycles. The third-order valence-electron chi connectivity index (χ3n) is 3.47. The van der Waals surface area contributed by atoms with Gasteiger partial charge >= 0.3 is 0 Å². The van der Waals surface area contributed by atoms with Crippen LogP contribution in [0.5, 0.6) is 0 Å². The van der Waals surface area contributed by atoms with E-state index in [-0.39, 0.29) is 5.91 Å². The molecule has 4 heteroatoms. The van der Waals surface area contributed by atoms with E-state index in [4.69, 9.17) is 0 Å². The Morgan fingerprint density at radius 1 is 1.47 bits per heavy atom. The van der Waals surface area contributed by atoms with Gasteiger partial charge in [0.25, 0.3) is 5.91 Å². The SMILES string of the molecule is Cc1cc(C(=O)N(CC2CC2)C2CC2)sc1Br. The summed E-state index contributed by atoms with van der Waals surface area (Å²) in [5, 5.41) is 0. The molecule has 2 aliphatic carbocycles. The molecule has 0 atom stereocenters. The Labute approximate surface area is 114 Å². The Balaban J connectivity index is 1.77. The first-order chi connectivity index (χ1) is 8.15. The zero-order valence-electron chi connectivity index (χ0n) is 9.91. The van der Waals surface area contributed by atoms with Gasteiger partial charge in [0.05, 0.1) is 8.66 Å². The molecule has 0 unspecified atom stereocenters. The molecular weight excluding hydrogens is 298 g/mol. The van der Waals surface area contributed by atoms with Crippen LogP contribution in [-0.2, 0) is 0 Å². The van der Waals surface area contributed by atoms with Crippen LogP contribution in [0.25, 0.3) is 0 Å². The van der Waals surface area contributed by atoms with Crippen LogP contribution in [0.2, 0.25) is 0 Å². The van der Waals surface area contributed by atoms with Crippen LogP contribution >= 0.6 is 27.3 Å². The average molecular weight is 314 g/mol. The molecule has 0 radical (unpaired) electrons. The second-order valence-electron chi connectivity index (χ2n) is 5.20. The van der Waals surface area contributed by atoms with Crippen molar-refractivity contribution in [1.29, 1.82) is 0 Å². The highest BCUT2D eigenvalue weighted by atomic mass is 79.9. The summed E-state index contributed by atoms with van der Waals surface area (Å²) in [5.74, 6) is 1.03. The molecule has 0 bridgehead atoms. The molecule has 17 heavy (non-hydrogen) atoms. The predicted octanol–water partition coefficient (Wildman–Crippen LogP) is 3.83. The second-order valence-corrected chi connectivity index (χ2v) is 7.57. The zero-order valence-corrected chi connectivity index (χ0v) is 12.3. The monoisotopic (exact) mass is 313 g/mol. The normalized spacial score (nSPS) is 19.4. The lowest BCUT2D eigenvalue weighted by Crippen LogP contribution is -2.34. The molecule has 1 aromatic heterocycles. The maximum absolute atomic E-state index is 12.5. The first kappa shape index (κ1) is 11.7. The van der Waals surface area contributed by atoms with Crippen molar-refractivity contribution in [1.82, 2.24) is 4.90 Å². The van der Waals surface area contributed by atoms with Gasteiger partial charge < -0.3 is 4.90 Å². The second kappa shape index (κ2) is 4.39. The van der Waals surface area contributed by atoms with Crippen molar-refractivity contribution < 1.29 is 4.79 Å². The Morgan fingerprint density at radius 3 is 2.65 bits per heavy atom. The van der Waals surface area contributed by atoms with Gasteiger partial charge in [-0.15, -0.1) is 11.3 Å². The van der Waals surface area contributed by atoms with Crippen LogP contribution in [-0.4, -0.2) is 23.4 Å². The molecule has 92 valence electrons. The maximum Gasteiger partial charge on any atom is 0.264 e. The fourth-order valence-corrected chi connectivity index (χ4v) is 3.56. The van der Waals surface area contributed by atoms with E-state index < -0.39 is 0 Å². The van der Waals surface area contributed by atoms with E-state index >= 15 is 0 Å². The lowest BCUT2D eigenvalue weighted by atomic mass is 10.3. The summed E-state index contributed by atoms with van der Waals surface area (Å²) in [6, 6.07) is 2.54. The summed E-state index contributed by atoms with van der Waals surface area (Å²) in [7, 11) is 0. The molecule has 3 rings (SSSR count). The van der Waals surface area contributed by atoms with Gasteiger partial charge in [-0.2, -0.15) is 0 Å². The number of thiophene rings is 1. The van der Waals surface area contributed by atoms with Crippen LogP contribution < -0.4 is 0 Å². The minimum absolute atomic E-state index is 0.248. The molecule has 0 spiro atoms. The first-order valence-electron chi connectivity index (χ1n) is 6.22. The number of carbonyl (C=O) groups is 1. The number of amides is 1. The van der Waals surface area contributed by atoms with Crippen molar-refractivity contribution >= 4 is 33.2 Å². The van der Waals surface area contributed by atoms with Gasteiger partial charge in [0.1, 0.15) is 0 Å². The summed E-state index contributed by atoms with van der Waals surface area (Å²) in [4.78, 5) is 15.5. The van der Waals surface area contributed by atoms with Crippen LogP contribution in [0.15, 0.2) is 9.85 Å². The minimum atomic E-state index is 0.248. The van der Waals surface area contributed by atoms with Crippen molar-refractivity contribution in [3.05, 3.63) is 20.3 Å². The van der Waals surface area contributed by atoms with Crippen molar-refractivity contribution in [2.24, 2.45) is 5.92 Å². The van der Waals surface area contributed by atoms with E-state index in [0.29, 0.717) is 6.04 Å². The molecule has 1 amide bonds. The molecule has 1 aromatic rings. The highest BCUT2D eigenvalue weighted by Crippen LogP contribution is 2.37. The Bertz CT molecular complexity index is 429. The number of halogens is 1. The third kappa shape index (κ3) is 2.58.